The van der Waals surface area contributed by atoms with E-state index in [4.69, 9.17) is 24.3 Å². The molecule has 6 aromatic rings. The molecule has 0 saturated heterocycles. The maximum atomic E-state index is 14.1. The van der Waals surface area contributed by atoms with Crippen LogP contribution in [-0.4, -0.2) is 151 Å². The molecule has 4 bridgehead atoms. The first kappa shape index (κ1) is 67.8. The van der Waals surface area contributed by atoms with Crippen molar-refractivity contribution in [3.8, 4) is 16.9 Å². The van der Waals surface area contributed by atoms with E-state index < -0.39 is 25.3 Å². The fourth-order valence-corrected chi connectivity index (χ4v) is 17.1. The number of ether oxygens (including phenoxy) is 3. The number of nitrogens with one attached hydrogen (secondary N) is 3. The molecule has 95 heavy (non-hydrogen) atoms. The summed E-state index contributed by atoms with van der Waals surface area (Å²) in [6, 6.07) is 21.7. The molecule has 2 atom stereocenters. The van der Waals surface area contributed by atoms with Gasteiger partial charge in [0.1, 0.15) is 18.2 Å². The first-order valence-electron chi connectivity index (χ1n) is 32.3. The van der Waals surface area contributed by atoms with Crippen molar-refractivity contribution in [2.45, 2.75) is 123 Å². The summed E-state index contributed by atoms with van der Waals surface area (Å²) < 4.78 is 33.2. The molecule has 6 aliphatic rings. The van der Waals surface area contributed by atoms with E-state index in [0.717, 1.165) is 65.6 Å². The maximum Gasteiger partial charge on any atom is 0.409 e. The van der Waals surface area contributed by atoms with Gasteiger partial charge >= 0.3 is 19.7 Å². The van der Waals surface area contributed by atoms with Crippen LogP contribution in [0.25, 0.3) is 27.4 Å². The maximum absolute atomic E-state index is 14.1. The molecule has 6 N–H and O–H groups in total. The highest BCUT2D eigenvalue weighted by Gasteiger charge is 2.66. The van der Waals surface area contributed by atoms with Crippen LogP contribution >= 0.6 is 18.9 Å². The molecule has 4 fully saturated rings. The number of para-hydroxylation sites is 1. The number of hydrogen-bond acceptors (Lipinski definition) is 16. The quantitative estimate of drug-likeness (QED) is 0.0144. The Morgan fingerprint density at radius 2 is 1.60 bits per heavy atom. The van der Waals surface area contributed by atoms with Gasteiger partial charge in [-0.3, -0.25) is 43.4 Å². The Balaban J connectivity index is 0.673. The molecule has 4 aliphatic carbocycles. The highest BCUT2D eigenvalue weighted by molar-refractivity contribution is 7.51. The van der Waals surface area contributed by atoms with Crippen LogP contribution in [0.15, 0.2) is 97.2 Å². The molecule has 0 spiro atoms. The van der Waals surface area contributed by atoms with Gasteiger partial charge in [0, 0.05) is 105 Å². The minimum Gasteiger partial charge on any atom is -0.493 e. The topological polar surface area (TPSA) is 314 Å². The number of carbonyl (C=O) groups excluding carboxylic acids is 6. The minimum absolute atomic E-state index is 0.00780. The number of carboxylic acids is 1. The van der Waals surface area contributed by atoms with E-state index in [2.05, 4.69) is 34.8 Å². The van der Waals surface area contributed by atoms with Crippen LogP contribution in [-0.2, 0) is 52.7 Å². The smallest absolute Gasteiger partial charge is 0.409 e. The number of fused-ring (bicyclic) bond motifs is 2. The molecular formula is C69H81N10O14PS. The number of pyridine rings is 1. The predicted molar refractivity (Wildman–Crippen MR) is 358 cm³/mol. The van der Waals surface area contributed by atoms with Crippen LogP contribution in [0.2, 0.25) is 0 Å². The summed E-state index contributed by atoms with van der Waals surface area (Å²) in [5.41, 5.74) is 5.07. The summed E-state index contributed by atoms with van der Waals surface area (Å²) in [6.45, 7) is 9.10. The van der Waals surface area contributed by atoms with Gasteiger partial charge in [-0.25, -0.2) is 19.6 Å². The van der Waals surface area contributed by atoms with E-state index in [0.29, 0.717) is 103 Å². The standard InChI is InChI=1S/C69H81N10O14PS/c1-45-51(49-20-22-56(74-61(49)63(85)86)77-29-26-48-52(37-77)50(19-21-54(48)91-32-12-34-94(88,89)90)62(84)75-64-73-53-16-7-8-17-55(53)95-64)36-71-79(45)44-68-39-66(2)38-67(3,40-68)42-69(41-66,43-68)93-33-30-76(4)65(87)92-31-11-14-46-13-10-15-47(35-46)72-58(81)25-27-70-57(80)18-6-5-9-28-78-59(82)23-24-60(78)83/h7-8,10-11,13-17,19-24,35-36H,5-6,9,12,18,25-34,37-44H2,1-4H3,(H,70,80)(H,72,81)(H,85,86)(H,73,75,84)(H2,88,89,90)/b14-11+. The lowest BCUT2D eigenvalue weighted by Gasteiger charge is -2.69. The number of nitrogens with zero attached hydrogens (tertiary/aromatic N) is 7. The van der Waals surface area contributed by atoms with Crippen LogP contribution in [0, 0.1) is 23.2 Å². The average molecular weight is 1340 g/mol. The molecule has 5 heterocycles. The molecule has 24 nitrogen and oxygen atoms in total. The molecule has 3 aromatic heterocycles. The molecule has 12 rings (SSSR count). The Morgan fingerprint density at radius 3 is 2.36 bits per heavy atom. The summed E-state index contributed by atoms with van der Waals surface area (Å²) in [7, 11) is -2.54. The number of aromatic carboxylic acids is 1. The number of hydrogen-bond donors (Lipinski definition) is 6. The van der Waals surface area contributed by atoms with E-state index in [1.165, 1.54) is 33.3 Å². The lowest BCUT2D eigenvalue weighted by molar-refractivity contribution is -0.248. The van der Waals surface area contributed by atoms with Crippen molar-refractivity contribution in [2.24, 2.45) is 16.2 Å². The molecule has 0 radical (unpaired) electrons. The zero-order valence-electron chi connectivity index (χ0n) is 53.9. The van der Waals surface area contributed by atoms with Crippen molar-refractivity contribution < 1.29 is 67.2 Å². The van der Waals surface area contributed by atoms with Crippen molar-refractivity contribution >= 4 is 93.5 Å². The van der Waals surface area contributed by atoms with E-state index in [-0.39, 0.29) is 103 Å². The van der Waals surface area contributed by atoms with Crippen molar-refractivity contribution in [3.05, 3.63) is 131 Å². The highest BCUT2D eigenvalue weighted by atomic mass is 32.1. The number of carbonyl (C=O) groups is 7. The molecule has 6 amide bonds. The van der Waals surface area contributed by atoms with Gasteiger partial charge in [-0.05, 0) is 153 Å². The first-order valence-corrected chi connectivity index (χ1v) is 34.9. The molecule has 2 unspecified atom stereocenters. The Morgan fingerprint density at radius 1 is 0.821 bits per heavy atom. The summed E-state index contributed by atoms with van der Waals surface area (Å²) in [4.78, 5) is 122. The molecule has 2 aliphatic heterocycles. The number of amides is 6. The van der Waals surface area contributed by atoms with Crippen LogP contribution < -0.4 is 25.6 Å². The van der Waals surface area contributed by atoms with Crippen LogP contribution in [0.5, 0.6) is 5.75 Å². The zero-order chi connectivity index (χ0) is 67.3. The third kappa shape index (κ3) is 16.4. The molecule has 4 saturated carbocycles. The number of thiazole rings is 1. The number of unbranched alkanes of at least 4 members (excludes halogenated alkanes) is 2. The Hall–Kier alpha value is -8.61. The second-order valence-electron chi connectivity index (χ2n) is 26.8. The summed E-state index contributed by atoms with van der Waals surface area (Å²) in [5, 5.41) is 24.8. The number of benzene rings is 3. The monoisotopic (exact) mass is 1340 g/mol. The number of likely N-dealkylation sites (N-methyl/N-ethyl adjacent to an activating group) is 1. The zero-order valence-corrected chi connectivity index (χ0v) is 55.6. The lowest BCUT2D eigenvalue weighted by Crippen LogP contribution is -2.64. The first-order chi connectivity index (χ1) is 45.3. The fourth-order valence-electron chi connectivity index (χ4n) is 15.7. The summed E-state index contributed by atoms with van der Waals surface area (Å²) in [6.07, 6.45) is 15.4. The van der Waals surface area contributed by atoms with Crippen LogP contribution in [0.1, 0.15) is 134 Å². The number of imide groups is 1. The normalized spacial score (nSPS) is 21.2. The van der Waals surface area contributed by atoms with Gasteiger partial charge < -0.3 is 49.5 Å². The number of rotatable bonds is 29. The molecule has 502 valence electrons. The van der Waals surface area contributed by atoms with Gasteiger partial charge in [0.05, 0.1) is 41.4 Å². The van der Waals surface area contributed by atoms with Crippen molar-refractivity contribution in [3.63, 3.8) is 0 Å². The van der Waals surface area contributed by atoms with Gasteiger partial charge in [0.25, 0.3) is 17.7 Å². The number of aromatic nitrogens is 4. The van der Waals surface area contributed by atoms with Gasteiger partial charge in [-0.2, -0.15) is 5.10 Å². The van der Waals surface area contributed by atoms with E-state index >= 15 is 0 Å². The minimum atomic E-state index is -4.23. The van der Waals surface area contributed by atoms with Crippen molar-refractivity contribution in [1.29, 1.82) is 0 Å². The van der Waals surface area contributed by atoms with Crippen molar-refractivity contribution in [2.75, 3.05) is 74.7 Å². The molecule has 26 heteroatoms. The van der Waals surface area contributed by atoms with Gasteiger partial charge in [-0.1, -0.05) is 61.9 Å². The van der Waals surface area contributed by atoms with Gasteiger partial charge in [0.15, 0.2) is 10.8 Å². The Kier molecular flexibility index (Phi) is 20.3. The molecule has 3 aromatic carbocycles. The summed E-state index contributed by atoms with van der Waals surface area (Å²) >= 11 is 1.35. The second kappa shape index (κ2) is 28.4. The van der Waals surface area contributed by atoms with Gasteiger partial charge in [-0.15, -0.1) is 0 Å². The van der Waals surface area contributed by atoms with Crippen molar-refractivity contribution in [1.82, 2.24) is 34.9 Å². The third-order valence-electron chi connectivity index (χ3n) is 18.7. The van der Waals surface area contributed by atoms with E-state index in [1.807, 2.05) is 46.8 Å². The van der Waals surface area contributed by atoms with Crippen LogP contribution in [0.4, 0.5) is 21.4 Å². The molecular weight excluding hydrogens is 1260 g/mol. The number of carboxylic acid groups (broad SMARTS) is 1. The third-order valence-corrected chi connectivity index (χ3v) is 20.6. The Labute approximate surface area is 554 Å². The van der Waals surface area contributed by atoms with E-state index in [9.17, 15) is 53.0 Å². The highest BCUT2D eigenvalue weighted by Crippen LogP contribution is 2.72. The summed E-state index contributed by atoms with van der Waals surface area (Å²) in [5.74, 6) is -1.76. The van der Waals surface area contributed by atoms with Crippen LogP contribution in [0.3, 0.4) is 0 Å². The Bertz CT molecular complexity index is 4000. The largest absolute Gasteiger partial charge is 0.493 e. The SMILES string of the molecule is Cc1c(-c2ccc(N3CCc4c(OCCCP(=O)(O)O)ccc(C(=O)Nc5nc6ccccc6s5)c4C3)nc2C(=O)O)cnn1CC12CC3(C)CC(C)(C1)CC(OCCN(C)C(=O)OC/C=C/c1cccc(NC(=O)CCNC(=O)CCCCCN4C(=O)C=CC4=O)c1)(C3)C2. The fraction of sp³-hybridized carbons (Fsp3) is 0.449. The predicted octanol–water partition coefficient (Wildman–Crippen LogP) is 10.2. The number of anilines is 3. The average Bonchev–Trinajstić information content (AvgIpc) is 0.967. The second-order valence-corrected chi connectivity index (χ2v) is 29.6. The van der Waals surface area contributed by atoms with Gasteiger partial charge in [0.2, 0.25) is 11.8 Å². The van der Waals surface area contributed by atoms with E-state index in [1.54, 1.807) is 67.9 Å². The lowest BCUT2D eigenvalue weighted by atomic mass is 9.39.